The van der Waals surface area contributed by atoms with Crippen LogP contribution in [-0.2, 0) is 113 Å². The van der Waals surface area contributed by atoms with E-state index in [9.17, 15) is 96.6 Å². The number of ether oxygens (including phenoxy) is 9. The zero-order chi connectivity index (χ0) is 107. The molecule has 792 valence electrons. The first-order chi connectivity index (χ1) is 71.2. The van der Waals surface area contributed by atoms with Crippen LogP contribution in [0.1, 0.15) is 81.7 Å². The molecule has 9 aliphatic heterocycles. The Morgan fingerprint density at radius 2 is 0.787 bits per heavy atom. The number of aromatic nitrogens is 10. The van der Waals surface area contributed by atoms with Crippen molar-refractivity contribution in [3.05, 3.63) is 150 Å². The number of carbonyl (C=O) groups is 11. The lowest BCUT2D eigenvalue weighted by Gasteiger charge is -2.22. The van der Waals surface area contributed by atoms with Crippen molar-refractivity contribution < 1.29 is 139 Å². The second-order valence-corrected chi connectivity index (χ2v) is 39.0. The number of likely N-dealkylation sites (N-methyl/N-ethyl adjacent to an activating group) is 1. The minimum absolute atomic E-state index is 0.0257. The van der Waals surface area contributed by atoms with Gasteiger partial charge in [0.25, 0.3) is 30.6 Å². The number of alkyl halides is 10. The van der Waals surface area contributed by atoms with E-state index in [1.165, 1.54) is 13.2 Å². The fourth-order valence-electron chi connectivity index (χ4n) is 19.5. The highest BCUT2D eigenvalue weighted by Crippen LogP contribution is 2.61. The number of fused-ring (bicyclic) bond motifs is 17. The van der Waals surface area contributed by atoms with Crippen LogP contribution in [0.2, 0.25) is 0 Å². The number of imide groups is 1. The minimum Gasteiger partial charge on any atom is -0.491 e. The van der Waals surface area contributed by atoms with Crippen LogP contribution in [0.3, 0.4) is 0 Å². The summed E-state index contributed by atoms with van der Waals surface area (Å²) in [4.78, 5) is 157. The van der Waals surface area contributed by atoms with Gasteiger partial charge in [0, 0.05) is 86.9 Å². The first kappa shape index (κ1) is 102. The zero-order valence-electron chi connectivity index (χ0n) is 81.4. The van der Waals surface area contributed by atoms with Crippen LogP contribution in [0.15, 0.2) is 122 Å². The summed E-state index contributed by atoms with van der Waals surface area (Å²) in [5.74, 6) is -7.70. The quantitative estimate of drug-likeness (QED) is 0.0226. The Kier molecular flexibility index (Phi) is 26.5. The highest BCUT2D eigenvalue weighted by Gasteiger charge is 2.81. The average Bonchev–Trinajstić information content (AvgIpc) is 1.53. The summed E-state index contributed by atoms with van der Waals surface area (Å²) in [6, 6.07) is 22.0. The van der Waals surface area contributed by atoms with E-state index in [-0.39, 0.29) is 102 Å². The van der Waals surface area contributed by atoms with Crippen molar-refractivity contribution in [1.82, 2.24) is 52.7 Å². The number of cyclic esters (lactones) is 1. The third kappa shape index (κ3) is 18.9. The smallest absolute Gasteiger partial charge is 0.416 e. The molecular formula is C99H101F10N21O20. The zero-order valence-corrected chi connectivity index (χ0v) is 81.4. The summed E-state index contributed by atoms with van der Waals surface area (Å²) in [7, 11) is 2.31. The molecule has 150 heavy (non-hydrogen) atoms. The second-order valence-electron chi connectivity index (χ2n) is 39.0. The van der Waals surface area contributed by atoms with Gasteiger partial charge in [-0.05, 0) is 121 Å². The standard InChI is InChI=1S/C20H21F2N5O4.2C20H20F2N4O4.C20H22F2N4O4.C19H18F2N4O4/c1-10(17(23)28)7-11-3-4-12-13(8-11)31-6-5-26-9-14(24-18(12)26)27-15(16(21)22)19(29)25(2)20(27)30;1-11(16(23)27)6-12-2-3-13-14(7-12)29-5-4-25-8-15(24-17(13)25)26-18(28)30-10-19(26)9-20(19,21)22;1-10(16(23)27)6-11-2-3-12-13(7-11)29-5-4-25-9-15(24-17(12)25)26-19(28)30-14-8-20(14,26)18(21)22;1-11(17(23)27)7-12-3-4-13-14(8-12)30-6-5-25-10-16(24-18(13)25)26(19(28)29-2)15-9-20(15,21)22;1-9(16(22)26)6-10-2-3-11-12(7-10)28-5-4-24-8-13(23-17(11)24)25-14-15(19(14,20)21)29-18(25)27/h3-4,8-10,15-16H,5-7H2,1-2H3,(H2,23,28);2-3,7-8,11H,4-6,9-10H2,1H3,(H2,23,27);2-3,7,9-10,14,18H,4-6,8H2,1H3,(H2,23,27);3-4,8,10-11,15H,5-7,9H2,1-2H3,(H2,23,27);2-3,7-9,14-15H,4-6H2,1H3,(H2,22,26)/t10-,15-;11-,19+;10-,14?,20+;11-,15+;9-,14+,15-/m11111/s1. The third-order valence-electron chi connectivity index (χ3n) is 28.5. The summed E-state index contributed by atoms with van der Waals surface area (Å²) < 4.78 is 195. The van der Waals surface area contributed by atoms with Crippen LogP contribution in [0, 0.1) is 29.6 Å². The lowest BCUT2D eigenvalue weighted by molar-refractivity contribution is -0.129. The number of benzene rings is 5. The van der Waals surface area contributed by atoms with Crippen LogP contribution < -0.4 is 76.9 Å². The van der Waals surface area contributed by atoms with E-state index in [1.807, 2.05) is 72.8 Å². The van der Waals surface area contributed by atoms with E-state index in [4.69, 9.17) is 71.3 Å². The van der Waals surface area contributed by atoms with Gasteiger partial charge in [0.2, 0.25) is 29.5 Å². The van der Waals surface area contributed by atoms with E-state index in [0.717, 1.165) is 59.4 Å². The van der Waals surface area contributed by atoms with Crippen molar-refractivity contribution in [3.8, 4) is 85.7 Å². The van der Waals surface area contributed by atoms with Crippen LogP contribution in [-0.4, -0.2) is 244 Å². The van der Waals surface area contributed by atoms with Crippen LogP contribution >= 0.6 is 0 Å². The third-order valence-corrected chi connectivity index (χ3v) is 28.5. The number of anilines is 5. The molecule has 4 aliphatic carbocycles. The van der Waals surface area contributed by atoms with Crippen molar-refractivity contribution in [3.63, 3.8) is 0 Å². The van der Waals surface area contributed by atoms with Gasteiger partial charge in [-0.3, -0.25) is 43.5 Å². The molecule has 1 spiro atoms. The topological polar surface area (TPSA) is 509 Å². The number of amides is 12. The molecular weight excluding hydrogens is 1990 g/mol. The molecule has 12 atom stereocenters. The van der Waals surface area contributed by atoms with E-state index < -0.39 is 127 Å². The maximum atomic E-state index is 14.0. The maximum absolute atomic E-state index is 14.0. The molecule has 4 saturated heterocycles. The van der Waals surface area contributed by atoms with Crippen molar-refractivity contribution in [2.24, 2.45) is 58.3 Å². The highest BCUT2D eigenvalue weighted by atomic mass is 19.3. The summed E-state index contributed by atoms with van der Waals surface area (Å²) in [6.45, 7) is 12.2. The van der Waals surface area contributed by atoms with Gasteiger partial charge in [-0.25, -0.2) is 98.7 Å². The summed E-state index contributed by atoms with van der Waals surface area (Å²) >= 11 is 0. The van der Waals surface area contributed by atoms with Crippen LogP contribution in [0.25, 0.3) is 56.9 Å². The number of methoxy groups -OCH3 is 1. The fourth-order valence-corrected chi connectivity index (χ4v) is 19.5. The highest BCUT2D eigenvalue weighted by molar-refractivity contribution is 6.14. The SMILES string of the molecule is COC(=O)N(c1cn2c(n1)-c1ccc(C[C@@H](C)C(N)=O)cc1OCC2)[C@H]1CC1(F)F.C[C@H](Cc1ccc2c(c1)OCCn1cc(N3C(=O)N(C)C(=O)[C@H]3C(F)F)nc1-2)C(N)=O.C[C@H](Cc1ccc2c(c1)OCCn1cc(N3C(=O)OC4C[C@@]43C(F)F)nc1-2)C(N)=O.C[C@H](Cc1ccc2c(c1)OCCn1cc(N3C(=O)OC[C@]34CC4(F)F)nc1-2)C(N)=O.C[C@H](Cc1ccc2c(c1)OCCn1cc(N3C(=O)O[C@@H]4[C@H]3C4(F)F)nc1-2)C(N)=O. The first-order valence-corrected chi connectivity index (χ1v) is 48.0. The van der Waals surface area contributed by atoms with Crippen molar-refractivity contribution in [2.45, 2.75) is 191 Å². The molecule has 0 bridgehead atoms. The van der Waals surface area contributed by atoms with Gasteiger partial charge in [0.1, 0.15) is 110 Å². The molecule has 0 radical (unpaired) electrons. The number of hydrogen-bond acceptors (Lipinski definition) is 25. The summed E-state index contributed by atoms with van der Waals surface area (Å²) in [5.41, 5.74) is 31.2. The molecule has 8 fully saturated rings. The number of carbonyl (C=O) groups excluding carboxylic acids is 11. The summed E-state index contributed by atoms with van der Waals surface area (Å²) in [6.07, 6.45) is -1.93. The Labute approximate surface area is 846 Å². The molecule has 41 nitrogen and oxygen atoms in total. The van der Waals surface area contributed by atoms with Gasteiger partial charge in [0.15, 0.2) is 58.4 Å². The van der Waals surface area contributed by atoms with Crippen molar-refractivity contribution in [1.29, 1.82) is 0 Å². The summed E-state index contributed by atoms with van der Waals surface area (Å²) in [5, 5.41) is 0. The number of primary amides is 5. The number of hydrogen-bond donors (Lipinski definition) is 5. The molecule has 1 unspecified atom stereocenters. The Morgan fingerprint density at radius 1 is 0.447 bits per heavy atom. The van der Waals surface area contributed by atoms with Crippen LogP contribution in [0.5, 0.6) is 28.7 Å². The molecule has 5 aromatic carbocycles. The van der Waals surface area contributed by atoms with E-state index in [0.29, 0.717) is 182 Å². The van der Waals surface area contributed by atoms with Gasteiger partial charge in [-0.1, -0.05) is 65.0 Å². The van der Waals surface area contributed by atoms with E-state index in [1.54, 1.807) is 100 Å². The van der Waals surface area contributed by atoms with Gasteiger partial charge >= 0.3 is 36.3 Å². The number of urea groups is 1. The monoisotopic (exact) mass is 2090 g/mol. The molecule has 12 amide bonds. The molecule has 10 N–H and O–H groups in total. The molecule has 10 aromatic rings. The van der Waals surface area contributed by atoms with Crippen molar-refractivity contribution in [2.75, 3.05) is 78.3 Å². The molecule has 51 heteroatoms. The fraction of sp³-hybridized carbons (Fsp3) is 0.434. The van der Waals surface area contributed by atoms with Gasteiger partial charge < -0.3 is 94.1 Å². The largest absolute Gasteiger partial charge is 0.491 e. The number of halogens is 10. The second kappa shape index (κ2) is 38.8. The number of imidazole rings is 5. The molecule has 4 saturated carbocycles. The molecule has 13 aliphatic rings. The Hall–Kier alpha value is -16.2. The van der Waals surface area contributed by atoms with Crippen molar-refractivity contribution >= 4 is 94.9 Å². The normalized spacial score (nSPS) is 22.5. The Morgan fingerprint density at radius 3 is 1.12 bits per heavy atom. The molecule has 14 heterocycles. The lowest BCUT2D eigenvalue weighted by atomic mass is 9.99. The van der Waals surface area contributed by atoms with E-state index in [2.05, 4.69) is 24.9 Å². The number of rotatable bonds is 23. The lowest BCUT2D eigenvalue weighted by Crippen LogP contribution is -2.43. The van der Waals surface area contributed by atoms with Gasteiger partial charge in [-0.2, -0.15) is 8.78 Å². The Bertz CT molecular complexity index is 7020. The average molecular weight is 2100 g/mol. The van der Waals surface area contributed by atoms with Crippen LogP contribution in [0.4, 0.5) is 97.0 Å². The molecule has 5 aromatic heterocycles. The van der Waals surface area contributed by atoms with E-state index >= 15 is 0 Å². The Balaban J connectivity index is 0.000000118. The first-order valence-electron chi connectivity index (χ1n) is 48.0. The predicted molar refractivity (Wildman–Crippen MR) is 508 cm³/mol. The van der Waals surface area contributed by atoms with Gasteiger partial charge in [0.05, 0.1) is 67.7 Å². The maximum Gasteiger partial charge on any atom is 0.416 e. The number of nitrogens with zero attached hydrogens (tertiary/aromatic N) is 16. The minimum atomic E-state index is -3.05. The number of nitrogens with two attached hydrogens (primary N) is 5. The molecule has 23 rings (SSSR count). The predicted octanol–water partition coefficient (Wildman–Crippen LogP) is 10.9. The van der Waals surface area contributed by atoms with Gasteiger partial charge in [-0.15, -0.1) is 0 Å².